The van der Waals surface area contributed by atoms with Crippen molar-refractivity contribution < 1.29 is 4.79 Å². The molecule has 0 aromatic heterocycles. The monoisotopic (exact) mass is 418 g/mol. The number of hydrogen-bond acceptors (Lipinski definition) is 2. The van der Waals surface area contributed by atoms with E-state index >= 15 is 0 Å². The molecule has 0 aliphatic rings. The van der Waals surface area contributed by atoms with Gasteiger partial charge in [-0.2, -0.15) is 0 Å². The van der Waals surface area contributed by atoms with Gasteiger partial charge in [-0.1, -0.05) is 15.9 Å². The van der Waals surface area contributed by atoms with Crippen molar-refractivity contribution in [3.63, 3.8) is 0 Å². The van der Waals surface area contributed by atoms with E-state index < -0.39 is 0 Å². The molecule has 0 aliphatic carbocycles. The molecule has 0 heterocycles. The van der Waals surface area contributed by atoms with E-state index in [1.54, 1.807) is 6.07 Å². The van der Waals surface area contributed by atoms with Crippen molar-refractivity contribution in [1.82, 2.24) is 5.32 Å². The van der Waals surface area contributed by atoms with Crippen molar-refractivity contribution >= 4 is 56.8 Å². The van der Waals surface area contributed by atoms with Crippen molar-refractivity contribution in [2.24, 2.45) is 5.73 Å². The van der Waals surface area contributed by atoms with Crippen LogP contribution >= 0.6 is 50.9 Å². The number of carbonyl (C=O) groups excluding carboxylic acids is 1. The first-order chi connectivity index (χ1) is 7.04. The zero-order valence-electron chi connectivity index (χ0n) is 8.67. The van der Waals surface area contributed by atoms with Crippen molar-refractivity contribution in [2.75, 3.05) is 6.54 Å². The maximum atomic E-state index is 11.8. The van der Waals surface area contributed by atoms with Crippen LogP contribution in [0.2, 0.25) is 0 Å². The highest BCUT2D eigenvalue weighted by molar-refractivity contribution is 14.1. The standard InChI is InChI=1S/C10H12BrIN2O.ClH/c1-6(5-13)14-10(15)8-3-2-7(11)4-9(8)12;/h2-4,6H,5,13H2,1H3,(H,14,15);1H/t6-;/m1./s1. The number of nitrogens with one attached hydrogen (secondary N) is 1. The highest BCUT2D eigenvalue weighted by Crippen LogP contribution is 2.18. The second-order valence-corrected chi connectivity index (χ2v) is 5.31. The molecule has 1 aromatic rings. The van der Waals surface area contributed by atoms with Crippen LogP contribution < -0.4 is 11.1 Å². The highest BCUT2D eigenvalue weighted by atomic mass is 127. The van der Waals surface area contributed by atoms with Crippen LogP contribution in [0.1, 0.15) is 17.3 Å². The number of amides is 1. The largest absolute Gasteiger partial charge is 0.348 e. The van der Waals surface area contributed by atoms with Crippen LogP contribution in [0.5, 0.6) is 0 Å². The molecule has 0 saturated heterocycles. The van der Waals surface area contributed by atoms with Gasteiger partial charge in [-0.3, -0.25) is 4.79 Å². The van der Waals surface area contributed by atoms with E-state index in [4.69, 9.17) is 5.73 Å². The molecule has 6 heteroatoms. The van der Waals surface area contributed by atoms with Gasteiger partial charge in [0.2, 0.25) is 0 Å². The Bertz CT molecular complexity index is 376. The summed E-state index contributed by atoms with van der Waals surface area (Å²) in [6.07, 6.45) is 0. The van der Waals surface area contributed by atoms with Crippen molar-refractivity contribution in [2.45, 2.75) is 13.0 Å². The molecule has 0 spiro atoms. The van der Waals surface area contributed by atoms with Crippen molar-refractivity contribution in [3.8, 4) is 0 Å². The summed E-state index contributed by atoms with van der Waals surface area (Å²) in [7, 11) is 0. The molecule has 1 aromatic carbocycles. The lowest BCUT2D eigenvalue weighted by atomic mass is 10.2. The molecule has 0 radical (unpaired) electrons. The molecule has 0 saturated carbocycles. The number of hydrogen-bond donors (Lipinski definition) is 2. The minimum absolute atomic E-state index is 0. The third kappa shape index (κ3) is 4.57. The molecule has 0 unspecified atom stereocenters. The summed E-state index contributed by atoms with van der Waals surface area (Å²) >= 11 is 5.49. The van der Waals surface area contributed by atoms with E-state index in [9.17, 15) is 4.79 Å². The van der Waals surface area contributed by atoms with Crippen LogP contribution in [0.25, 0.3) is 0 Å². The highest BCUT2D eigenvalue weighted by Gasteiger charge is 2.11. The smallest absolute Gasteiger partial charge is 0.252 e. The van der Waals surface area contributed by atoms with E-state index in [0.717, 1.165) is 8.04 Å². The third-order valence-corrected chi connectivity index (χ3v) is 3.29. The lowest BCUT2D eigenvalue weighted by Gasteiger charge is -2.12. The minimum atomic E-state index is -0.0788. The van der Waals surface area contributed by atoms with Gasteiger partial charge in [0.1, 0.15) is 0 Å². The van der Waals surface area contributed by atoms with E-state index in [0.29, 0.717) is 12.1 Å². The minimum Gasteiger partial charge on any atom is -0.348 e. The molecule has 0 fully saturated rings. The summed E-state index contributed by atoms with van der Waals surface area (Å²) in [5.41, 5.74) is 6.12. The molecule has 0 bridgehead atoms. The SMILES string of the molecule is C[C@H](CN)NC(=O)c1ccc(Br)cc1I.Cl. The zero-order chi connectivity index (χ0) is 11.4. The van der Waals surface area contributed by atoms with Crippen LogP contribution in [0.3, 0.4) is 0 Å². The lowest BCUT2D eigenvalue weighted by molar-refractivity contribution is 0.0940. The number of nitrogens with two attached hydrogens (primary N) is 1. The van der Waals surface area contributed by atoms with Gasteiger partial charge in [-0.15, -0.1) is 12.4 Å². The average Bonchev–Trinajstić information content (AvgIpc) is 2.17. The quantitative estimate of drug-likeness (QED) is 0.740. The molecule has 1 atom stereocenters. The summed E-state index contributed by atoms with van der Waals surface area (Å²) in [6.45, 7) is 2.32. The Balaban J connectivity index is 0.00000225. The molecule has 1 rings (SSSR count). The fourth-order valence-electron chi connectivity index (χ4n) is 1.03. The second kappa shape index (κ2) is 7.47. The first-order valence-electron chi connectivity index (χ1n) is 4.50. The summed E-state index contributed by atoms with van der Waals surface area (Å²) in [6, 6.07) is 5.55. The average molecular weight is 419 g/mol. The van der Waals surface area contributed by atoms with Crippen LogP contribution in [0.15, 0.2) is 22.7 Å². The van der Waals surface area contributed by atoms with Crippen molar-refractivity contribution in [3.05, 3.63) is 31.8 Å². The molecule has 3 N–H and O–H groups in total. The summed E-state index contributed by atoms with van der Waals surface area (Å²) < 4.78 is 1.89. The Morgan fingerprint density at radius 3 is 2.75 bits per heavy atom. The molecule has 3 nitrogen and oxygen atoms in total. The lowest BCUT2D eigenvalue weighted by Crippen LogP contribution is -2.38. The Labute approximate surface area is 123 Å². The molecule has 1 amide bonds. The molecular formula is C10H13BrClIN2O. The van der Waals surface area contributed by atoms with E-state index in [2.05, 4.69) is 43.8 Å². The van der Waals surface area contributed by atoms with Gasteiger partial charge < -0.3 is 11.1 Å². The summed E-state index contributed by atoms with van der Waals surface area (Å²) in [4.78, 5) is 11.8. The van der Waals surface area contributed by atoms with Gasteiger partial charge in [0.05, 0.1) is 5.56 Å². The molecule has 16 heavy (non-hydrogen) atoms. The van der Waals surface area contributed by atoms with Crippen LogP contribution in [-0.2, 0) is 0 Å². The third-order valence-electron chi connectivity index (χ3n) is 1.91. The maximum absolute atomic E-state index is 11.8. The van der Waals surface area contributed by atoms with E-state index in [-0.39, 0.29) is 24.4 Å². The fraction of sp³-hybridized carbons (Fsp3) is 0.300. The summed E-state index contributed by atoms with van der Waals surface area (Å²) in [5, 5.41) is 2.82. The van der Waals surface area contributed by atoms with Gasteiger partial charge in [-0.25, -0.2) is 0 Å². The number of rotatable bonds is 3. The van der Waals surface area contributed by atoms with Crippen LogP contribution in [-0.4, -0.2) is 18.5 Å². The Hall–Kier alpha value is 0.150. The van der Waals surface area contributed by atoms with Gasteiger partial charge >= 0.3 is 0 Å². The van der Waals surface area contributed by atoms with Crippen LogP contribution in [0, 0.1) is 3.57 Å². The predicted octanol–water partition coefficient (Wildman–Crippen LogP) is 2.55. The van der Waals surface area contributed by atoms with E-state index in [1.165, 1.54) is 0 Å². The Morgan fingerprint density at radius 1 is 1.62 bits per heavy atom. The topological polar surface area (TPSA) is 55.1 Å². The van der Waals surface area contributed by atoms with Gasteiger partial charge in [0, 0.05) is 20.6 Å². The Morgan fingerprint density at radius 2 is 2.25 bits per heavy atom. The fourth-order valence-corrected chi connectivity index (χ4v) is 2.58. The number of halogens is 3. The summed E-state index contributed by atoms with van der Waals surface area (Å²) in [5.74, 6) is -0.0788. The van der Waals surface area contributed by atoms with Crippen molar-refractivity contribution in [1.29, 1.82) is 0 Å². The maximum Gasteiger partial charge on any atom is 0.252 e. The molecular weight excluding hydrogens is 406 g/mol. The molecule has 0 aliphatic heterocycles. The zero-order valence-corrected chi connectivity index (χ0v) is 13.2. The second-order valence-electron chi connectivity index (χ2n) is 3.23. The van der Waals surface area contributed by atoms with Crippen LogP contribution in [0.4, 0.5) is 0 Å². The van der Waals surface area contributed by atoms with Gasteiger partial charge in [0.25, 0.3) is 5.91 Å². The Kier molecular flexibility index (Phi) is 7.54. The number of carbonyl (C=O) groups is 1. The molecule has 90 valence electrons. The first-order valence-corrected chi connectivity index (χ1v) is 6.37. The van der Waals surface area contributed by atoms with Gasteiger partial charge in [0.15, 0.2) is 0 Å². The van der Waals surface area contributed by atoms with E-state index in [1.807, 2.05) is 19.1 Å². The first kappa shape index (κ1) is 16.1. The van der Waals surface area contributed by atoms with Gasteiger partial charge in [-0.05, 0) is 47.7 Å². The number of benzene rings is 1. The predicted molar refractivity (Wildman–Crippen MR) is 80.1 cm³/mol. The normalized spacial score (nSPS) is 11.5.